The number of morpholine rings is 1. The van der Waals surface area contributed by atoms with E-state index in [2.05, 4.69) is 40.4 Å². The van der Waals surface area contributed by atoms with E-state index < -0.39 is 0 Å². The van der Waals surface area contributed by atoms with Crippen LogP contribution < -0.4 is 10.1 Å². The number of rotatable bonds is 5. The number of aliphatic imine (C=N–C) groups is 1. The van der Waals surface area contributed by atoms with Crippen molar-refractivity contribution in [2.24, 2.45) is 12.0 Å². The van der Waals surface area contributed by atoms with Gasteiger partial charge in [-0.05, 0) is 31.0 Å². The fraction of sp³-hybridized carbons (Fsp3) is 0.500. The van der Waals surface area contributed by atoms with Crippen LogP contribution in [0.2, 0.25) is 0 Å². The van der Waals surface area contributed by atoms with E-state index >= 15 is 0 Å². The van der Waals surface area contributed by atoms with E-state index in [1.54, 1.807) is 7.11 Å². The average Bonchev–Trinajstić information content (AvgIpc) is 3.12. The van der Waals surface area contributed by atoms with Gasteiger partial charge in [0.25, 0.3) is 0 Å². The van der Waals surface area contributed by atoms with Crippen LogP contribution in [0.5, 0.6) is 5.75 Å². The van der Waals surface area contributed by atoms with Crippen LogP contribution in [0.3, 0.4) is 0 Å². The number of aromatic nitrogens is 2. The highest BCUT2D eigenvalue weighted by atomic mass is 127. The summed E-state index contributed by atoms with van der Waals surface area (Å²) in [6, 6.07) is 6.23. The van der Waals surface area contributed by atoms with Gasteiger partial charge in [-0.2, -0.15) is 5.10 Å². The maximum absolute atomic E-state index is 5.95. The Labute approximate surface area is 184 Å². The second kappa shape index (κ2) is 10.7. The van der Waals surface area contributed by atoms with Crippen LogP contribution in [-0.2, 0) is 18.3 Å². The largest absolute Gasteiger partial charge is 0.496 e. The lowest BCUT2D eigenvalue weighted by Gasteiger charge is -2.34. The topological polar surface area (TPSA) is 63.9 Å². The van der Waals surface area contributed by atoms with Gasteiger partial charge in [-0.25, -0.2) is 4.99 Å². The lowest BCUT2D eigenvalue weighted by atomic mass is 10.1. The first-order valence-corrected chi connectivity index (χ1v) is 9.37. The summed E-state index contributed by atoms with van der Waals surface area (Å²) < 4.78 is 13.2. The first-order chi connectivity index (χ1) is 13.1. The van der Waals surface area contributed by atoms with Crippen LogP contribution in [0.1, 0.15) is 29.7 Å². The molecule has 0 aliphatic carbocycles. The van der Waals surface area contributed by atoms with Crippen molar-refractivity contribution in [3.63, 3.8) is 0 Å². The fourth-order valence-electron chi connectivity index (χ4n) is 3.20. The number of benzene rings is 1. The number of methoxy groups -OCH3 is 1. The summed E-state index contributed by atoms with van der Waals surface area (Å²) in [4.78, 5) is 7.11. The Bertz CT molecular complexity index is 793. The molecule has 3 rings (SSSR count). The molecule has 1 N–H and O–H groups in total. The highest BCUT2D eigenvalue weighted by Gasteiger charge is 2.25. The predicted molar refractivity (Wildman–Crippen MR) is 121 cm³/mol. The second-order valence-corrected chi connectivity index (χ2v) is 6.73. The summed E-state index contributed by atoms with van der Waals surface area (Å²) >= 11 is 0. The molecule has 0 radical (unpaired) electrons. The van der Waals surface area contributed by atoms with Gasteiger partial charge in [0.05, 0.1) is 33.0 Å². The molecular formula is C20H30IN5O2. The number of guanidine groups is 1. The molecule has 2 heterocycles. The van der Waals surface area contributed by atoms with Crippen molar-refractivity contribution in [1.82, 2.24) is 20.0 Å². The lowest BCUT2D eigenvalue weighted by molar-refractivity contribution is -0.00805. The Balaban J connectivity index is 0.00000280. The molecule has 8 heteroatoms. The number of aryl methyl sites for hydroxylation is 2. The number of ether oxygens (including phenoxy) is 2. The van der Waals surface area contributed by atoms with Gasteiger partial charge in [-0.1, -0.05) is 12.1 Å². The molecule has 0 bridgehead atoms. The van der Waals surface area contributed by atoms with Gasteiger partial charge in [0.15, 0.2) is 5.96 Å². The summed E-state index contributed by atoms with van der Waals surface area (Å²) in [7, 11) is 3.62. The monoisotopic (exact) mass is 499 g/mol. The van der Waals surface area contributed by atoms with Gasteiger partial charge in [-0.15, -0.1) is 24.0 Å². The zero-order valence-electron chi connectivity index (χ0n) is 17.0. The van der Waals surface area contributed by atoms with E-state index in [0.29, 0.717) is 13.2 Å². The summed E-state index contributed by atoms with van der Waals surface area (Å²) in [6.07, 6.45) is 3.89. The summed E-state index contributed by atoms with van der Waals surface area (Å²) in [5, 5.41) is 7.67. The molecule has 154 valence electrons. The fourth-order valence-corrected chi connectivity index (χ4v) is 3.20. The van der Waals surface area contributed by atoms with Crippen LogP contribution in [0.4, 0.5) is 0 Å². The number of hydrogen-bond acceptors (Lipinski definition) is 4. The van der Waals surface area contributed by atoms with Crippen LogP contribution in [0.25, 0.3) is 0 Å². The molecule has 7 nitrogen and oxygen atoms in total. The zero-order chi connectivity index (χ0) is 19.2. The molecule has 1 aliphatic rings. The minimum absolute atomic E-state index is 0. The van der Waals surface area contributed by atoms with Crippen molar-refractivity contribution < 1.29 is 9.47 Å². The quantitative estimate of drug-likeness (QED) is 0.390. The van der Waals surface area contributed by atoms with Crippen molar-refractivity contribution in [3.8, 4) is 5.75 Å². The van der Waals surface area contributed by atoms with Crippen LogP contribution in [-0.4, -0.2) is 54.0 Å². The predicted octanol–water partition coefficient (Wildman–Crippen LogP) is 2.89. The maximum Gasteiger partial charge on any atom is 0.194 e. The molecule has 1 aliphatic heterocycles. The van der Waals surface area contributed by atoms with Crippen LogP contribution >= 0.6 is 24.0 Å². The Morgan fingerprint density at radius 2 is 2.25 bits per heavy atom. The van der Waals surface area contributed by atoms with Gasteiger partial charge in [0, 0.05) is 31.9 Å². The smallest absolute Gasteiger partial charge is 0.194 e. The standard InChI is InChI=1S/C20H29N5O2.HI/c1-5-21-20(22-11-16-7-6-15(2)18(10-16)26-4)25-8-9-27-19(14-25)17-12-23-24(3)13-17;/h6-7,10,12-13,19H,5,8-9,11,14H2,1-4H3,(H,21,22);1H. The van der Waals surface area contributed by atoms with E-state index in [1.165, 1.54) is 0 Å². The van der Waals surface area contributed by atoms with Crippen molar-refractivity contribution in [2.75, 3.05) is 33.4 Å². The summed E-state index contributed by atoms with van der Waals surface area (Å²) in [5.74, 6) is 1.81. The van der Waals surface area contributed by atoms with Crippen molar-refractivity contribution >= 4 is 29.9 Å². The van der Waals surface area contributed by atoms with Gasteiger partial charge in [0.2, 0.25) is 0 Å². The molecule has 1 saturated heterocycles. The normalized spacial score (nSPS) is 17.2. The second-order valence-electron chi connectivity index (χ2n) is 6.73. The highest BCUT2D eigenvalue weighted by molar-refractivity contribution is 14.0. The Morgan fingerprint density at radius 3 is 2.93 bits per heavy atom. The highest BCUT2D eigenvalue weighted by Crippen LogP contribution is 2.22. The van der Waals surface area contributed by atoms with Gasteiger partial charge >= 0.3 is 0 Å². The Morgan fingerprint density at radius 1 is 1.43 bits per heavy atom. The first-order valence-electron chi connectivity index (χ1n) is 9.37. The van der Waals surface area contributed by atoms with E-state index in [1.807, 2.05) is 31.0 Å². The lowest BCUT2D eigenvalue weighted by Crippen LogP contribution is -2.48. The molecular weight excluding hydrogens is 469 g/mol. The summed E-state index contributed by atoms with van der Waals surface area (Å²) in [5.41, 5.74) is 3.36. The van der Waals surface area contributed by atoms with Gasteiger partial charge < -0.3 is 19.7 Å². The van der Waals surface area contributed by atoms with Crippen LogP contribution in [0.15, 0.2) is 35.6 Å². The zero-order valence-corrected chi connectivity index (χ0v) is 19.3. The molecule has 0 amide bonds. The van der Waals surface area contributed by atoms with Crippen molar-refractivity contribution in [3.05, 3.63) is 47.3 Å². The number of nitrogens with zero attached hydrogens (tertiary/aromatic N) is 4. The van der Waals surface area contributed by atoms with Gasteiger partial charge in [0.1, 0.15) is 11.9 Å². The third kappa shape index (κ3) is 5.60. The van der Waals surface area contributed by atoms with E-state index in [9.17, 15) is 0 Å². The molecule has 2 aromatic rings. The third-order valence-electron chi connectivity index (χ3n) is 4.68. The summed E-state index contributed by atoms with van der Waals surface area (Å²) in [6.45, 7) is 7.81. The van der Waals surface area contributed by atoms with Crippen LogP contribution in [0, 0.1) is 6.92 Å². The SMILES string of the molecule is CCNC(=NCc1ccc(C)c(OC)c1)N1CCOC(c2cnn(C)c2)C1.I. The number of halogens is 1. The molecule has 0 saturated carbocycles. The molecule has 1 unspecified atom stereocenters. The minimum atomic E-state index is 0. The third-order valence-corrected chi connectivity index (χ3v) is 4.68. The molecule has 1 aromatic carbocycles. The Kier molecular flexibility index (Phi) is 8.56. The maximum atomic E-state index is 5.95. The Hall–Kier alpha value is -1.81. The molecule has 1 aromatic heterocycles. The van der Waals surface area contributed by atoms with E-state index in [-0.39, 0.29) is 30.1 Å². The first kappa shape index (κ1) is 22.5. The minimum Gasteiger partial charge on any atom is -0.496 e. The molecule has 1 fully saturated rings. The van der Waals surface area contributed by atoms with E-state index in [0.717, 1.165) is 48.0 Å². The average molecular weight is 499 g/mol. The van der Waals surface area contributed by atoms with Crippen molar-refractivity contribution in [2.45, 2.75) is 26.5 Å². The van der Waals surface area contributed by atoms with Crippen molar-refractivity contribution in [1.29, 1.82) is 0 Å². The number of hydrogen-bond donors (Lipinski definition) is 1. The molecule has 1 atom stereocenters. The van der Waals surface area contributed by atoms with E-state index in [4.69, 9.17) is 14.5 Å². The van der Waals surface area contributed by atoms with Gasteiger partial charge in [-0.3, -0.25) is 4.68 Å². The number of nitrogens with one attached hydrogen (secondary N) is 1. The molecule has 28 heavy (non-hydrogen) atoms. The molecule has 0 spiro atoms.